The number of para-hydroxylation sites is 2. The summed E-state index contributed by atoms with van der Waals surface area (Å²) in [5, 5.41) is 0. The van der Waals surface area contributed by atoms with Crippen LogP contribution in [0.15, 0.2) is 109 Å². The van der Waals surface area contributed by atoms with Crippen LogP contribution < -0.4 is 4.90 Å². The highest BCUT2D eigenvalue weighted by atomic mass is 32.1. The number of Topliss-reactive ketones (excluding diaryl/α,β-unsaturated/α-hetero) is 2. The monoisotopic (exact) mass is 580 g/mol. The van der Waals surface area contributed by atoms with Crippen molar-refractivity contribution < 1.29 is 9.59 Å². The number of nitrogens with zero attached hydrogens (tertiary/aromatic N) is 2. The standard InChI is InChI=1S/C36H24N2O2S2/c1-36(2)29-17-23(38(21-9-5-3-6-10-21)22-11-7-4-8-12-22)13-14-26(29)34-31(36)35-30(42-34)19-24(41-35)18-27-32(39)25-15-16-37-20-28(25)33(27)40/h3-20H,1-2H3/b27-18-. The van der Waals surface area contributed by atoms with Gasteiger partial charge in [0.2, 0.25) is 0 Å². The SMILES string of the molecule is CC1(C)c2cc(N(c3ccccc3)c3ccccc3)ccc2-c2sc3cc(/C=C4/C(=O)c5ccncc5C4=O)sc3c21. The molecule has 0 saturated carbocycles. The van der Waals surface area contributed by atoms with E-state index in [0.29, 0.717) is 11.1 Å². The van der Waals surface area contributed by atoms with Crippen LogP contribution in [-0.4, -0.2) is 16.6 Å². The molecule has 0 unspecified atom stereocenters. The molecule has 2 aliphatic rings. The van der Waals surface area contributed by atoms with E-state index in [1.54, 1.807) is 41.0 Å². The third-order valence-electron chi connectivity index (χ3n) is 8.30. The van der Waals surface area contributed by atoms with Gasteiger partial charge in [0.25, 0.3) is 0 Å². The summed E-state index contributed by atoms with van der Waals surface area (Å²) in [7, 11) is 0. The molecule has 3 heterocycles. The Balaban J connectivity index is 1.21. The second kappa shape index (κ2) is 9.18. The van der Waals surface area contributed by atoms with Gasteiger partial charge in [0.15, 0.2) is 11.6 Å². The van der Waals surface area contributed by atoms with Crippen LogP contribution in [-0.2, 0) is 5.41 Å². The van der Waals surface area contributed by atoms with Crippen LogP contribution in [0.25, 0.3) is 25.9 Å². The number of allylic oxidation sites excluding steroid dienone is 1. The molecule has 0 atom stereocenters. The summed E-state index contributed by atoms with van der Waals surface area (Å²) >= 11 is 3.45. The number of aromatic nitrogens is 1. The van der Waals surface area contributed by atoms with E-state index in [1.807, 2.05) is 12.1 Å². The van der Waals surface area contributed by atoms with E-state index in [9.17, 15) is 9.59 Å². The fraction of sp³-hybridized carbons (Fsp3) is 0.0833. The van der Waals surface area contributed by atoms with E-state index in [1.165, 1.54) is 37.2 Å². The molecule has 0 bridgehead atoms. The quantitative estimate of drug-likeness (QED) is 0.154. The van der Waals surface area contributed by atoms with Gasteiger partial charge in [-0.2, -0.15) is 0 Å². The molecule has 8 rings (SSSR count). The van der Waals surface area contributed by atoms with Gasteiger partial charge in [0.1, 0.15) is 0 Å². The van der Waals surface area contributed by atoms with Crippen molar-refractivity contribution in [3.63, 3.8) is 0 Å². The fourth-order valence-corrected chi connectivity index (χ4v) is 9.24. The van der Waals surface area contributed by atoms with Crippen molar-refractivity contribution in [2.75, 3.05) is 4.90 Å². The van der Waals surface area contributed by atoms with Gasteiger partial charge in [-0.1, -0.05) is 56.3 Å². The predicted molar refractivity (Wildman–Crippen MR) is 173 cm³/mol. The van der Waals surface area contributed by atoms with Crippen molar-refractivity contribution in [3.8, 4) is 10.4 Å². The van der Waals surface area contributed by atoms with Gasteiger partial charge in [0.05, 0.1) is 15.8 Å². The van der Waals surface area contributed by atoms with Crippen LogP contribution in [0.1, 0.15) is 50.6 Å². The minimum atomic E-state index is -0.244. The lowest BCUT2D eigenvalue weighted by atomic mass is 9.82. The number of benzene rings is 3. The molecule has 6 heteroatoms. The van der Waals surface area contributed by atoms with E-state index < -0.39 is 0 Å². The number of carbonyl (C=O) groups excluding carboxylic acids is 2. The highest BCUT2D eigenvalue weighted by molar-refractivity contribution is 7.30. The number of hydrogen-bond acceptors (Lipinski definition) is 6. The van der Waals surface area contributed by atoms with Crippen molar-refractivity contribution in [2.45, 2.75) is 19.3 Å². The third kappa shape index (κ3) is 3.62. The Bertz CT molecular complexity index is 2030. The maximum absolute atomic E-state index is 13.0. The molecule has 4 nitrogen and oxygen atoms in total. The molecule has 2 aliphatic carbocycles. The molecule has 0 N–H and O–H groups in total. The topological polar surface area (TPSA) is 50.3 Å². The normalized spacial score (nSPS) is 15.7. The van der Waals surface area contributed by atoms with Gasteiger partial charge < -0.3 is 4.90 Å². The minimum absolute atomic E-state index is 0.214. The van der Waals surface area contributed by atoms with E-state index in [0.717, 1.165) is 21.9 Å². The maximum Gasteiger partial charge on any atom is 0.199 e. The van der Waals surface area contributed by atoms with Gasteiger partial charge in [0, 0.05) is 54.9 Å². The van der Waals surface area contributed by atoms with Crippen LogP contribution in [0, 0.1) is 0 Å². The first-order valence-corrected chi connectivity index (χ1v) is 15.4. The number of thiophene rings is 2. The Morgan fingerprint density at radius 1 is 0.738 bits per heavy atom. The van der Waals surface area contributed by atoms with Crippen LogP contribution in [0.4, 0.5) is 17.1 Å². The Labute approximate surface area is 251 Å². The van der Waals surface area contributed by atoms with E-state index >= 15 is 0 Å². The number of carbonyl (C=O) groups is 2. The summed E-state index contributed by atoms with van der Waals surface area (Å²) < 4.78 is 2.41. The third-order valence-corrected chi connectivity index (χ3v) is 10.7. The molecule has 0 saturated heterocycles. The number of rotatable bonds is 4. The second-order valence-corrected chi connectivity index (χ2v) is 13.3. The van der Waals surface area contributed by atoms with E-state index in [4.69, 9.17) is 0 Å². The Kier molecular flexibility index (Phi) is 5.48. The molecule has 202 valence electrons. The zero-order valence-electron chi connectivity index (χ0n) is 22.9. The summed E-state index contributed by atoms with van der Waals surface area (Å²) in [6.07, 6.45) is 4.81. The predicted octanol–water partition coefficient (Wildman–Crippen LogP) is 9.60. The molecular formula is C36H24N2O2S2. The molecular weight excluding hydrogens is 557 g/mol. The maximum atomic E-state index is 13.0. The summed E-state index contributed by atoms with van der Waals surface area (Å²) in [5.41, 5.74) is 8.08. The average Bonchev–Trinajstić information content (AvgIpc) is 3.69. The number of fused-ring (bicyclic) bond motifs is 6. The first kappa shape index (κ1) is 25.1. The van der Waals surface area contributed by atoms with Crippen molar-refractivity contribution in [2.24, 2.45) is 0 Å². The van der Waals surface area contributed by atoms with Crippen LogP contribution in [0.2, 0.25) is 0 Å². The molecule has 3 aromatic carbocycles. The Morgan fingerprint density at radius 3 is 2.12 bits per heavy atom. The Morgan fingerprint density at radius 2 is 1.43 bits per heavy atom. The zero-order chi connectivity index (χ0) is 28.6. The number of pyridine rings is 1. The highest BCUT2D eigenvalue weighted by Gasteiger charge is 2.40. The van der Waals surface area contributed by atoms with Crippen LogP contribution in [0.5, 0.6) is 0 Å². The second-order valence-electron chi connectivity index (χ2n) is 11.1. The summed E-state index contributed by atoms with van der Waals surface area (Å²) in [5.74, 6) is -0.465. The molecule has 0 spiro atoms. The largest absolute Gasteiger partial charge is 0.310 e. The molecule has 0 amide bonds. The van der Waals surface area contributed by atoms with E-state index in [2.05, 4.69) is 96.5 Å². The lowest BCUT2D eigenvalue weighted by molar-refractivity contribution is 0.0990. The number of anilines is 3. The highest BCUT2D eigenvalue weighted by Crippen LogP contribution is 2.58. The summed E-state index contributed by atoms with van der Waals surface area (Å²) in [6.45, 7) is 4.60. The van der Waals surface area contributed by atoms with Gasteiger partial charge in [-0.15, -0.1) is 22.7 Å². The Hall–Kier alpha value is -4.65. The molecule has 0 aliphatic heterocycles. The van der Waals surface area contributed by atoms with Gasteiger partial charge in [-0.05, 0) is 71.3 Å². The summed E-state index contributed by atoms with van der Waals surface area (Å²) in [4.78, 5) is 34.5. The summed E-state index contributed by atoms with van der Waals surface area (Å²) in [6, 6.07) is 31.5. The molecule has 0 fully saturated rings. The first-order valence-electron chi connectivity index (χ1n) is 13.8. The van der Waals surface area contributed by atoms with Gasteiger partial charge in [-0.3, -0.25) is 14.6 Å². The molecule has 0 radical (unpaired) electrons. The molecule has 6 aromatic rings. The lowest BCUT2D eigenvalue weighted by Gasteiger charge is -2.28. The smallest absolute Gasteiger partial charge is 0.199 e. The number of ketones is 2. The van der Waals surface area contributed by atoms with Crippen molar-refractivity contribution >= 4 is 66.8 Å². The average molecular weight is 581 g/mol. The van der Waals surface area contributed by atoms with Crippen molar-refractivity contribution in [3.05, 3.63) is 136 Å². The molecule has 42 heavy (non-hydrogen) atoms. The molecule has 3 aromatic heterocycles. The van der Waals surface area contributed by atoms with Crippen molar-refractivity contribution in [1.82, 2.24) is 4.98 Å². The van der Waals surface area contributed by atoms with Crippen molar-refractivity contribution in [1.29, 1.82) is 0 Å². The van der Waals surface area contributed by atoms with Gasteiger partial charge in [-0.25, -0.2) is 0 Å². The fourth-order valence-electron chi connectivity index (χ4n) is 6.30. The minimum Gasteiger partial charge on any atom is -0.310 e. The van der Waals surface area contributed by atoms with E-state index in [-0.39, 0.29) is 22.6 Å². The van der Waals surface area contributed by atoms with Crippen LogP contribution in [0.3, 0.4) is 0 Å². The lowest BCUT2D eigenvalue weighted by Crippen LogP contribution is -2.16. The number of hydrogen-bond donors (Lipinski definition) is 0. The van der Waals surface area contributed by atoms with Crippen LogP contribution >= 0.6 is 22.7 Å². The van der Waals surface area contributed by atoms with Gasteiger partial charge >= 0.3 is 0 Å². The first-order chi connectivity index (χ1) is 20.4. The zero-order valence-corrected chi connectivity index (χ0v) is 24.6.